The van der Waals surface area contributed by atoms with Crippen molar-refractivity contribution >= 4 is 11.6 Å². The molecule has 0 bridgehead atoms. The Hall–Kier alpha value is -3.89. The maximum Gasteiger partial charge on any atom is 0.232 e. The van der Waals surface area contributed by atoms with Crippen LogP contribution < -0.4 is 4.90 Å². The fraction of sp³-hybridized carbons (Fsp3) is 0.250. The lowest BCUT2D eigenvalue weighted by Gasteiger charge is -2.31. The van der Waals surface area contributed by atoms with E-state index in [0.717, 1.165) is 27.9 Å². The summed E-state index contributed by atoms with van der Waals surface area (Å²) < 4.78 is 0. The normalized spacial score (nSPS) is 22.7. The molecule has 1 heterocycles. The highest BCUT2D eigenvalue weighted by atomic mass is 16.2. The second kappa shape index (κ2) is 6.81. The zero-order chi connectivity index (χ0) is 22.7. The SMILES string of the molecule is Cc1cc(C)cc(N2C[C@@]3(C)[C@@H](C2=O)C3(c2ccc(C#N)cc2)c2ccc(C#N)cc2)c1. The Morgan fingerprint density at radius 2 is 1.31 bits per heavy atom. The summed E-state index contributed by atoms with van der Waals surface area (Å²) in [5.41, 5.74) is 5.77. The molecule has 1 saturated heterocycles. The van der Waals surface area contributed by atoms with E-state index in [2.05, 4.69) is 51.1 Å². The van der Waals surface area contributed by atoms with Crippen LogP contribution in [0.3, 0.4) is 0 Å². The van der Waals surface area contributed by atoms with E-state index in [-0.39, 0.29) is 17.2 Å². The van der Waals surface area contributed by atoms with Crippen molar-refractivity contribution < 1.29 is 4.79 Å². The first kappa shape index (κ1) is 20.0. The topological polar surface area (TPSA) is 67.9 Å². The molecule has 0 N–H and O–H groups in total. The number of nitriles is 2. The molecule has 4 heteroatoms. The summed E-state index contributed by atoms with van der Waals surface area (Å²) in [6.45, 7) is 6.92. The maximum atomic E-state index is 13.8. The molecule has 0 unspecified atom stereocenters. The van der Waals surface area contributed by atoms with E-state index in [1.807, 2.05) is 53.4 Å². The minimum atomic E-state index is -0.471. The van der Waals surface area contributed by atoms with E-state index in [9.17, 15) is 15.3 Å². The zero-order valence-corrected chi connectivity index (χ0v) is 18.4. The fourth-order valence-corrected chi connectivity index (χ4v) is 6.01. The number of benzene rings is 3. The maximum absolute atomic E-state index is 13.8. The number of hydrogen-bond donors (Lipinski definition) is 0. The Kier molecular flexibility index (Phi) is 4.26. The summed E-state index contributed by atoms with van der Waals surface area (Å²) >= 11 is 0. The van der Waals surface area contributed by atoms with Gasteiger partial charge in [0.2, 0.25) is 5.91 Å². The van der Waals surface area contributed by atoms with Gasteiger partial charge in [0, 0.05) is 23.1 Å². The van der Waals surface area contributed by atoms with Gasteiger partial charge in [-0.25, -0.2) is 0 Å². The van der Waals surface area contributed by atoms with Gasteiger partial charge in [0.05, 0.1) is 29.2 Å². The minimum Gasteiger partial charge on any atom is -0.311 e. The quantitative estimate of drug-likeness (QED) is 0.601. The molecule has 0 radical (unpaired) electrons. The van der Waals surface area contributed by atoms with Crippen molar-refractivity contribution in [1.82, 2.24) is 0 Å². The molecule has 1 aliphatic carbocycles. The molecule has 1 aliphatic heterocycles. The Morgan fingerprint density at radius 3 is 1.69 bits per heavy atom. The molecule has 2 aliphatic rings. The average Bonchev–Trinajstić information content (AvgIpc) is 3.24. The van der Waals surface area contributed by atoms with Gasteiger partial charge in [0.25, 0.3) is 0 Å². The Morgan fingerprint density at radius 1 is 0.844 bits per heavy atom. The van der Waals surface area contributed by atoms with Crippen molar-refractivity contribution in [2.45, 2.75) is 26.2 Å². The predicted octanol–water partition coefficient (Wildman–Crippen LogP) is 5.02. The summed E-state index contributed by atoms with van der Waals surface area (Å²) in [6, 6.07) is 25.8. The van der Waals surface area contributed by atoms with Crippen LogP contribution >= 0.6 is 0 Å². The van der Waals surface area contributed by atoms with Crippen LogP contribution in [-0.2, 0) is 10.2 Å². The van der Waals surface area contributed by atoms with Gasteiger partial charge in [-0.05, 0) is 72.5 Å². The van der Waals surface area contributed by atoms with Gasteiger partial charge >= 0.3 is 0 Å². The number of nitrogens with zero attached hydrogens (tertiary/aromatic N) is 3. The second-order valence-corrected chi connectivity index (χ2v) is 9.31. The van der Waals surface area contributed by atoms with Crippen molar-refractivity contribution in [2.24, 2.45) is 11.3 Å². The first-order chi connectivity index (χ1) is 15.3. The standard InChI is InChI=1S/C28H23N3O/c1-18-12-19(2)14-24(13-18)31-17-27(3)25(26(31)32)28(27,22-8-4-20(15-29)5-9-22)23-10-6-21(16-30)7-11-23/h4-14,25H,17H2,1-3H3/t25-,27+/m1/s1. The number of carbonyl (C=O) groups excluding carboxylic acids is 1. The van der Waals surface area contributed by atoms with Crippen molar-refractivity contribution in [3.8, 4) is 12.1 Å². The minimum absolute atomic E-state index is 0.131. The molecular weight excluding hydrogens is 394 g/mol. The number of aryl methyl sites for hydroxylation is 2. The highest BCUT2D eigenvalue weighted by Crippen LogP contribution is 2.76. The number of anilines is 1. The summed E-state index contributed by atoms with van der Waals surface area (Å²) in [5.74, 6) is -0.0668. The number of piperidine rings is 1. The molecule has 0 aromatic heterocycles. The highest BCUT2D eigenvalue weighted by molar-refractivity contribution is 6.04. The monoisotopic (exact) mass is 417 g/mol. The van der Waals surface area contributed by atoms with Crippen LogP contribution in [0.15, 0.2) is 66.7 Å². The lowest BCUT2D eigenvalue weighted by Crippen LogP contribution is -2.37. The van der Waals surface area contributed by atoms with Gasteiger partial charge in [0.1, 0.15) is 0 Å². The fourth-order valence-electron chi connectivity index (χ4n) is 6.01. The van der Waals surface area contributed by atoms with Crippen molar-refractivity contribution in [2.75, 3.05) is 11.4 Å². The lowest BCUT2D eigenvalue weighted by atomic mass is 9.79. The molecule has 4 nitrogen and oxygen atoms in total. The van der Waals surface area contributed by atoms with Crippen molar-refractivity contribution in [3.63, 3.8) is 0 Å². The predicted molar refractivity (Wildman–Crippen MR) is 123 cm³/mol. The van der Waals surface area contributed by atoms with E-state index >= 15 is 0 Å². The molecule has 2 atom stereocenters. The number of rotatable bonds is 3. The first-order valence-electron chi connectivity index (χ1n) is 10.8. The van der Waals surface area contributed by atoms with Crippen LogP contribution in [-0.4, -0.2) is 12.5 Å². The van der Waals surface area contributed by atoms with Crippen LogP contribution in [0.1, 0.15) is 40.3 Å². The van der Waals surface area contributed by atoms with Gasteiger partial charge in [-0.3, -0.25) is 4.79 Å². The summed E-state index contributed by atoms with van der Waals surface area (Å²) in [6.07, 6.45) is 0. The number of amides is 1. The molecule has 5 rings (SSSR count). The molecule has 32 heavy (non-hydrogen) atoms. The summed E-state index contributed by atoms with van der Waals surface area (Å²) in [4.78, 5) is 15.7. The molecule has 3 aromatic rings. The molecule has 1 amide bonds. The Balaban J connectivity index is 1.63. The van der Waals surface area contributed by atoms with Crippen LogP contribution in [0.25, 0.3) is 0 Å². The van der Waals surface area contributed by atoms with Crippen molar-refractivity contribution in [3.05, 3.63) is 100 Å². The number of fused-ring (bicyclic) bond motifs is 1. The second-order valence-electron chi connectivity index (χ2n) is 9.31. The summed E-state index contributed by atoms with van der Waals surface area (Å²) in [5, 5.41) is 18.5. The van der Waals surface area contributed by atoms with E-state index < -0.39 is 5.41 Å². The van der Waals surface area contributed by atoms with Crippen LogP contribution in [0.5, 0.6) is 0 Å². The van der Waals surface area contributed by atoms with E-state index in [0.29, 0.717) is 17.7 Å². The smallest absolute Gasteiger partial charge is 0.232 e. The van der Waals surface area contributed by atoms with Gasteiger partial charge in [-0.1, -0.05) is 37.3 Å². The zero-order valence-electron chi connectivity index (χ0n) is 18.4. The van der Waals surface area contributed by atoms with Crippen LogP contribution in [0.2, 0.25) is 0 Å². The van der Waals surface area contributed by atoms with Gasteiger partial charge in [-0.15, -0.1) is 0 Å². The third kappa shape index (κ3) is 2.57. The van der Waals surface area contributed by atoms with Crippen LogP contribution in [0.4, 0.5) is 5.69 Å². The van der Waals surface area contributed by atoms with Crippen LogP contribution in [0, 0.1) is 47.8 Å². The van der Waals surface area contributed by atoms with E-state index in [1.165, 1.54) is 0 Å². The Bertz CT molecular complexity index is 1250. The average molecular weight is 418 g/mol. The highest BCUT2D eigenvalue weighted by Gasteiger charge is 2.82. The van der Waals surface area contributed by atoms with Gasteiger partial charge in [-0.2, -0.15) is 10.5 Å². The lowest BCUT2D eigenvalue weighted by molar-refractivity contribution is -0.119. The largest absolute Gasteiger partial charge is 0.311 e. The van der Waals surface area contributed by atoms with Gasteiger partial charge in [0.15, 0.2) is 0 Å². The van der Waals surface area contributed by atoms with E-state index in [1.54, 1.807) is 0 Å². The molecule has 3 aromatic carbocycles. The third-order valence-electron chi connectivity index (χ3n) is 7.34. The molecule has 156 valence electrons. The first-order valence-corrected chi connectivity index (χ1v) is 10.8. The molecule has 1 saturated carbocycles. The Labute approximate surface area is 188 Å². The van der Waals surface area contributed by atoms with Gasteiger partial charge < -0.3 is 4.90 Å². The third-order valence-corrected chi connectivity index (χ3v) is 7.34. The number of carbonyl (C=O) groups is 1. The molecule has 0 spiro atoms. The molecular formula is C28H23N3O. The van der Waals surface area contributed by atoms with Crippen molar-refractivity contribution in [1.29, 1.82) is 10.5 Å². The molecule has 2 fully saturated rings. The summed E-state index contributed by atoms with van der Waals surface area (Å²) in [7, 11) is 0. The number of hydrogen-bond acceptors (Lipinski definition) is 3. The van der Waals surface area contributed by atoms with E-state index in [4.69, 9.17) is 0 Å².